The lowest BCUT2D eigenvalue weighted by atomic mass is 10.1. The average molecular weight is 239 g/mol. The van der Waals surface area contributed by atoms with Gasteiger partial charge in [0, 0.05) is 38.8 Å². The third kappa shape index (κ3) is 4.40. The van der Waals surface area contributed by atoms with Gasteiger partial charge in [0.25, 0.3) is 0 Å². The van der Waals surface area contributed by atoms with E-state index in [0.717, 1.165) is 5.69 Å². The second-order valence-corrected chi connectivity index (χ2v) is 4.08. The van der Waals surface area contributed by atoms with Crippen LogP contribution in [-0.2, 0) is 4.79 Å². The Kier molecular flexibility index (Phi) is 4.90. The highest BCUT2D eigenvalue weighted by Crippen LogP contribution is 2.11. The number of nitrogens with two attached hydrogens (primary N) is 1. The molecular formula is C12H18FN3O. The smallest absolute Gasteiger partial charge is 0.224 e. The van der Waals surface area contributed by atoms with E-state index in [1.807, 2.05) is 0 Å². The van der Waals surface area contributed by atoms with Crippen LogP contribution in [0.1, 0.15) is 6.42 Å². The maximum atomic E-state index is 12.7. The summed E-state index contributed by atoms with van der Waals surface area (Å²) < 4.78 is 12.7. The van der Waals surface area contributed by atoms with Crippen molar-refractivity contribution in [3.63, 3.8) is 0 Å². The second kappa shape index (κ2) is 6.20. The highest BCUT2D eigenvalue weighted by atomic mass is 19.1. The summed E-state index contributed by atoms with van der Waals surface area (Å²) >= 11 is 0. The molecule has 0 aromatic heterocycles. The molecule has 0 aliphatic rings. The van der Waals surface area contributed by atoms with Crippen molar-refractivity contribution in [3.8, 4) is 0 Å². The molecule has 1 atom stereocenters. The Bertz CT molecular complexity index is 365. The Balaban J connectivity index is 2.57. The van der Waals surface area contributed by atoms with Gasteiger partial charge in [-0.2, -0.15) is 0 Å². The zero-order valence-electron chi connectivity index (χ0n) is 10.1. The van der Waals surface area contributed by atoms with E-state index in [1.165, 1.54) is 17.0 Å². The van der Waals surface area contributed by atoms with Crippen LogP contribution in [0.3, 0.4) is 0 Å². The highest BCUT2D eigenvalue weighted by molar-refractivity contribution is 5.76. The summed E-state index contributed by atoms with van der Waals surface area (Å²) in [4.78, 5) is 13.0. The molecule has 3 N–H and O–H groups in total. The van der Waals surface area contributed by atoms with Gasteiger partial charge < -0.3 is 16.0 Å². The first-order valence-corrected chi connectivity index (χ1v) is 5.45. The van der Waals surface area contributed by atoms with Gasteiger partial charge in [0.2, 0.25) is 5.91 Å². The number of benzene rings is 1. The largest absolute Gasteiger partial charge is 0.381 e. The van der Waals surface area contributed by atoms with Crippen molar-refractivity contribution in [3.05, 3.63) is 30.1 Å². The molecule has 0 aliphatic heterocycles. The van der Waals surface area contributed by atoms with Crippen LogP contribution in [0.15, 0.2) is 24.3 Å². The van der Waals surface area contributed by atoms with E-state index in [1.54, 1.807) is 26.2 Å². The van der Waals surface area contributed by atoms with Crippen LogP contribution in [0, 0.1) is 5.82 Å². The van der Waals surface area contributed by atoms with Crippen LogP contribution >= 0.6 is 0 Å². The standard InChI is InChI=1S/C12H18FN3O/c1-16(2)12(17)7-11(8-14)15-10-5-3-9(13)4-6-10/h3-6,11,15H,7-8,14H2,1-2H3. The molecule has 0 heterocycles. The van der Waals surface area contributed by atoms with E-state index >= 15 is 0 Å². The molecule has 5 heteroatoms. The summed E-state index contributed by atoms with van der Waals surface area (Å²) in [5, 5.41) is 3.10. The maximum absolute atomic E-state index is 12.7. The van der Waals surface area contributed by atoms with Crippen molar-refractivity contribution in [2.75, 3.05) is 26.0 Å². The predicted molar refractivity (Wildman–Crippen MR) is 66.2 cm³/mol. The first-order chi connectivity index (χ1) is 8.02. The molecule has 0 radical (unpaired) electrons. The molecule has 1 rings (SSSR count). The number of nitrogens with zero attached hydrogens (tertiary/aromatic N) is 1. The number of rotatable bonds is 5. The van der Waals surface area contributed by atoms with Crippen molar-refractivity contribution in [2.24, 2.45) is 5.73 Å². The molecule has 0 saturated carbocycles. The van der Waals surface area contributed by atoms with E-state index in [-0.39, 0.29) is 17.8 Å². The summed E-state index contributed by atoms with van der Waals surface area (Å²) in [5.41, 5.74) is 6.35. The molecule has 0 saturated heterocycles. The lowest BCUT2D eigenvalue weighted by molar-refractivity contribution is -0.128. The first kappa shape index (κ1) is 13.4. The SMILES string of the molecule is CN(C)C(=O)CC(CN)Nc1ccc(F)cc1. The molecule has 17 heavy (non-hydrogen) atoms. The van der Waals surface area contributed by atoms with Gasteiger partial charge in [-0.15, -0.1) is 0 Å². The van der Waals surface area contributed by atoms with Gasteiger partial charge in [-0.1, -0.05) is 0 Å². The van der Waals surface area contributed by atoms with Gasteiger partial charge in [-0.25, -0.2) is 4.39 Å². The summed E-state index contributed by atoms with van der Waals surface area (Å²) in [6.45, 7) is 0.344. The Morgan fingerprint density at radius 2 is 2.00 bits per heavy atom. The van der Waals surface area contributed by atoms with Gasteiger partial charge >= 0.3 is 0 Å². The number of amides is 1. The monoisotopic (exact) mass is 239 g/mol. The summed E-state index contributed by atoms with van der Waals surface area (Å²) in [7, 11) is 3.40. The molecule has 0 spiro atoms. The highest BCUT2D eigenvalue weighted by Gasteiger charge is 2.13. The molecule has 0 aliphatic carbocycles. The van der Waals surface area contributed by atoms with E-state index in [9.17, 15) is 9.18 Å². The van der Waals surface area contributed by atoms with Crippen molar-refractivity contribution in [2.45, 2.75) is 12.5 Å². The Morgan fingerprint density at radius 3 is 2.47 bits per heavy atom. The lowest BCUT2D eigenvalue weighted by Crippen LogP contribution is -2.35. The third-order valence-electron chi connectivity index (χ3n) is 2.42. The number of hydrogen-bond acceptors (Lipinski definition) is 3. The topological polar surface area (TPSA) is 58.4 Å². The lowest BCUT2D eigenvalue weighted by Gasteiger charge is -2.19. The molecule has 1 aromatic rings. The fraction of sp³-hybridized carbons (Fsp3) is 0.417. The summed E-state index contributed by atoms with van der Waals surface area (Å²) in [6.07, 6.45) is 0.320. The molecule has 1 amide bonds. The second-order valence-electron chi connectivity index (χ2n) is 4.08. The molecule has 94 valence electrons. The first-order valence-electron chi connectivity index (χ1n) is 5.45. The molecular weight excluding hydrogens is 221 g/mol. The minimum atomic E-state index is -0.288. The minimum absolute atomic E-state index is 0.00932. The third-order valence-corrected chi connectivity index (χ3v) is 2.42. The van der Waals surface area contributed by atoms with Gasteiger partial charge in [0.1, 0.15) is 5.82 Å². The van der Waals surface area contributed by atoms with Crippen LogP contribution in [0.4, 0.5) is 10.1 Å². The van der Waals surface area contributed by atoms with Gasteiger partial charge in [0.15, 0.2) is 0 Å². The van der Waals surface area contributed by atoms with E-state index in [4.69, 9.17) is 5.73 Å². The van der Waals surface area contributed by atoms with Gasteiger partial charge in [0.05, 0.1) is 0 Å². The van der Waals surface area contributed by atoms with E-state index in [2.05, 4.69) is 5.32 Å². The minimum Gasteiger partial charge on any atom is -0.381 e. The van der Waals surface area contributed by atoms with E-state index < -0.39 is 0 Å². The quantitative estimate of drug-likeness (QED) is 0.807. The molecule has 4 nitrogen and oxygen atoms in total. The number of carbonyl (C=O) groups excluding carboxylic acids is 1. The molecule has 1 unspecified atom stereocenters. The van der Waals surface area contributed by atoms with Crippen LogP contribution in [0.5, 0.6) is 0 Å². The number of anilines is 1. The normalized spacial score (nSPS) is 12.0. The predicted octanol–water partition coefficient (Wildman–Crippen LogP) is 1.04. The molecule has 1 aromatic carbocycles. The number of carbonyl (C=O) groups is 1. The maximum Gasteiger partial charge on any atom is 0.224 e. The summed E-state index contributed by atoms with van der Waals surface area (Å²) in [6, 6.07) is 5.83. The summed E-state index contributed by atoms with van der Waals surface area (Å²) in [5.74, 6) is -0.278. The fourth-order valence-corrected chi connectivity index (χ4v) is 1.37. The van der Waals surface area contributed by atoms with Crippen molar-refractivity contribution >= 4 is 11.6 Å². The number of hydrogen-bond donors (Lipinski definition) is 2. The average Bonchev–Trinajstić information content (AvgIpc) is 2.30. The van der Waals surface area contributed by atoms with Crippen LogP contribution in [0.2, 0.25) is 0 Å². The van der Waals surface area contributed by atoms with Crippen LogP contribution in [-0.4, -0.2) is 37.5 Å². The molecule has 0 fully saturated rings. The van der Waals surface area contributed by atoms with Crippen LogP contribution in [0.25, 0.3) is 0 Å². The van der Waals surface area contributed by atoms with Gasteiger partial charge in [-0.3, -0.25) is 4.79 Å². The van der Waals surface area contributed by atoms with Crippen molar-refractivity contribution in [1.29, 1.82) is 0 Å². The van der Waals surface area contributed by atoms with Crippen molar-refractivity contribution < 1.29 is 9.18 Å². The Labute approximate surface area is 101 Å². The number of nitrogens with one attached hydrogen (secondary N) is 1. The Hall–Kier alpha value is -1.62. The fourth-order valence-electron chi connectivity index (χ4n) is 1.37. The van der Waals surface area contributed by atoms with Crippen molar-refractivity contribution in [1.82, 2.24) is 4.90 Å². The van der Waals surface area contributed by atoms with E-state index in [0.29, 0.717) is 13.0 Å². The molecule has 0 bridgehead atoms. The zero-order chi connectivity index (χ0) is 12.8. The number of halogens is 1. The van der Waals surface area contributed by atoms with Gasteiger partial charge in [-0.05, 0) is 24.3 Å². The Morgan fingerprint density at radius 1 is 1.41 bits per heavy atom. The van der Waals surface area contributed by atoms with Crippen LogP contribution < -0.4 is 11.1 Å². The zero-order valence-corrected chi connectivity index (χ0v) is 10.1.